The Balaban J connectivity index is 1.57. The molecular weight excluding hydrogens is 478 g/mol. The maximum atomic E-state index is 12.5. The molecule has 0 aromatic heterocycles. The first-order valence-corrected chi connectivity index (χ1v) is 13.1. The number of hydrogen-bond acceptors (Lipinski definition) is 9. The molecule has 3 heterocycles. The van der Waals surface area contributed by atoms with Crippen LogP contribution in [0.25, 0.3) is 0 Å². The molecule has 0 radical (unpaired) electrons. The summed E-state index contributed by atoms with van der Waals surface area (Å²) in [6, 6.07) is 0.165. The van der Waals surface area contributed by atoms with Gasteiger partial charge in [-0.25, -0.2) is 4.79 Å². The van der Waals surface area contributed by atoms with E-state index in [4.69, 9.17) is 9.47 Å². The zero-order valence-electron chi connectivity index (χ0n) is 21.1. The molecule has 200 valence electrons. The van der Waals surface area contributed by atoms with Crippen molar-refractivity contribution in [2.24, 2.45) is 0 Å². The Labute approximate surface area is 210 Å². The van der Waals surface area contributed by atoms with Crippen molar-refractivity contribution in [1.82, 2.24) is 16.0 Å². The number of carbonyl (C=O) groups excluding carboxylic acids is 3. The Bertz CT molecular complexity index is 840. The van der Waals surface area contributed by atoms with E-state index in [1.807, 2.05) is 11.8 Å². The largest absolute Gasteiger partial charge is 0.463 e. The van der Waals surface area contributed by atoms with Gasteiger partial charge in [-0.15, -0.1) is 0 Å². The van der Waals surface area contributed by atoms with E-state index >= 15 is 0 Å². The molecule has 0 saturated carbocycles. The molecule has 12 heteroatoms. The summed E-state index contributed by atoms with van der Waals surface area (Å²) in [6.45, 7) is 6.18. The highest BCUT2D eigenvalue weighted by Crippen LogP contribution is 2.49. The van der Waals surface area contributed by atoms with Gasteiger partial charge in [0, 0.05) is 24.3 Å². The topological polar surface area (TPSA) is 166 Å². The van der Waals surface area contributed by atoms with E-state index in [0.717, 1.165) is 18.6 Å². The van der Waals surface area contributed by atoms with Crippen LogP contribution in [0.5, 0.6) is 0 Å². The van der Waals surface area contributed by atoms with Crippen LogP contribution in [-0.4, -0.2) is 98.0 Å². The molecule has 3 aliphatic heterocycles. The monoisotopic (exact) mass is 517 g/mol. The Morgan fingerprint density at radius 2 is 1.89 bits per heavy atom. The van der Waals surface area contributed by atoms with E-state index < -0.39 is 46.9 Å². The van der Waals surface area contributed by atoms with E-state index in [0.29, 0.717) is 11.7 Å². The third-order valence-corrected chi connectivity index (χ3v) is 9.71. The molecule has 8 atom stereocenters. The average Bonchev–Trinajstić information content (AvgIpc) is 3.31. The first-order chi connectivity index (χ1) is 16.2. The standard InChI is InChI=1S/C23H39N3O8S/c1-13(28)26-22(4)20(2,34-16(10-27)21(3,31)23(22,5)32)12-33-17(29)9-7-6-8-15-18-14(11-35-15)24-19(30)25-18/h14-16,18,27,31-32H,6-12H2,1-5H3,(H,26,28)(H2,24,25,30)/t14-,15?,16?,18-,20?,21?,22?,23?/m0/s1. The van der Waals surface area contributed by atoms with Gasteiger partial charge >= 0.3 is 12.0 Å². The molecule has 35 heavy (non-hydrogen) atoms. The molecule has 0 aromatic rings. The minimum absolute atomic E-state index is 0.123. The van der Waals surface area contributed by atoms with Crippen molar-refractivity contribution in [3.05, 3.63) is 0 Å². The Kier molecular flexibility index (Phi) is 8.03. The van der Waals surface area contributed by atoms with Crippen molar-refractivity contribution in [2.45, 2.75) is 106 Å². The molecule has 0 aromatic carbocycles. The highest BCUT2D eigenvalue weighted by molar-refractivity contribution is 8.00. The molecule has 3 saturated heterocycles. The second-order valence-corrected chi connectivity index (χ2v) is 11.8. The highest BCUT2D eigenvalue weighted by Gasteiger charge is 2.71. The van der Waals surface area contributed by atoms with Crippen LogP contribution < -0.4 is 16.0 Å². The van der Waals surface area contributed by atoms with Crippen LogP contribution in [0.2, 0.25) is 0 Å². The summed E-state index contributed by atoms with van der Waals surface area (Å²) in [7, 11) is 0. The summed E-state index contributed by atoms with van der Waals surface area (Å²) in [5.74, 6) is -0.0362. The van der Waals surface area contributed by atoms with Crippen molar-refractivity contribution < 1.29 is 39.2 Å². The molecule has 6 N–H and O–H groups in total. The van der Waals surface area contributed by atoms with E-state index in [9.17, 15) is 29.7 Å². The highest BCUT2D eigenvalue weighted by atomic mass is 32.2. The number of rotatable bonds is 9. The van der Waals surface area contributed by atoms with Gasteiger partial charge in [0.25, 0.3) is 0 Å². The molecule has 6 unspecified atom stereocenters. The molecule has 0 aliphatic carbocycles. The third kappa shape index (κ3) is 5.00. The lowest BCUT2D eigenvalue weighted by Crippen LogP contribution is -2.86. The number of ether oxygens (including phenoxy) is 2. The van der Waals surface area contributed by atoms with Crippen molar-refractivity contribution >= 4 is 29.7 Å². The number of unbranched alkanes of at least 4 members (excludes halogenated alkanes) is 1. The van der Waals surface area contributed by atoms with Gasteiger partial charge < -0.3 is 40.7 Å². The average molecular weight is 518 g/mol. The van der Waals surface area contributed by atoms with Gasteiger partial charge in [0.05, 0.1) is 18.7 Å². The molecule has 3 aliphatic rings. The van der Waals surface area contributed by atoms with Gasteiger partial charge in [0.2, 0.25) is 5.91 Å². The van der Waals surface area contributed by atoms with Crippen LogP contribution >= 0.6 is 11.8 Å². The Hall–Kier alpha value is -1.60. The van der Waals surface area contributed by atoms with Gasteiger partial charge in [0.15, 0.2) is 0 Å². The lowest BCUT2D eigenvalue weighted by Gasteiger charge is -2.64. The van der Waals surface area contributed by atoms with Crippen molar-refractivity contribution in [3.8, 4) is 0 Å². The fourth-order valence-electron chi connectivity index (χ4n) is 5.43. The minimum atomic E-state index is -1.94. The maximum absolute atomic E-state index is 12.5. The van der Waals surface area contributed by atoms with E-state index in [2.05, 4.69) is 16.0 Å². The number of urea groups is 1. The van der Waals surface area contributed by atoms with Crippen LogP contribution in [0.1, 0.15) is 60.3 Å². The van der Waals surface area contributed by atoms with Gasteiger partial charge in [-0.3, -0.25) is 9.59 Å². The van der Waals surface area contributed by atoms with Crippen LogP contribution in [0, 0.1) is 0 Å². The number of aliphatic hydroxyl groups excluding tert-OH is 1. The zero-order valence-corrected chi connectivity index (χ0v) is 21.9. The van der Waals surface area contributed by atoms with Gasteiger partial charge in [0.1, 0.15) is 35.1 Å². The smallest absolute Gasteiger partial charge is 0.315 e. The predicted molar refractivity (Wildman–Crippen MR) is 129 cm³/mol. The Morgan fingerprint density at radius 1 is 1.20 bits per heavy atom. The van der Waals surface area contributed by atoms with Gasteiger partial charge in [-0.05, 0) is 40.5 Å². The zero-order chi connectivity index (χ0) is 26.2. The summed E-state index contributed by atoms with van der Waals surface area (Å²) >= 11 is 1.82. The lowest BCUT2D eigenvalue weighted by atomic mass is 9.60. The summed E-state index contributed by atoms with van der Waals surface area (Å²) in [6.07, 6.45) is 1.29. The number of nitrogens with one attached hydrogen (secondary N) is 3. The summed E-state index contributed by atoms with van der Waals surface area (Å²) in [5, 5.41) is 41.1. The molecule has 3 rings (SSSR count). The molecular formula is C23H39N3O8S. The number of esters is 1. The second-order valence-electron chi connectivity index (χ2n) is 10.6. The van der Waals surface area contributed by atoms with E-state index in [1.54, 1.807) is 6.92 Å². The lowest BCUT2D eigenvalue weighted by molar-refractivity contribution is -0.337. The second kappa shape index (κ2) is 10.0. The maximum Gasteiger partial charge on any atom is 0.315 e. The molecule has 0 bridgehead atoms. The van der Waals surface area contributed by atoms with Crippen molar-refractivity contribution in [3.63, 3.8) is 0 Å². The molecule has 0 spiro atoms. The Morgan fingerprint density at radius 3 is 2.51 bits per heavy atom. The fraction of sp³-hybridized carbons (Fsp3) is 0.870. The SMILES string of the molecule is CC(=O)NC1(C)C(C)(COC(=O)CCCCC2SC[C@@H]3NC(=O)N[C@H]23)OC(CO)C(C)(O)C1(C)O. The van der Waals surface area contributed by atoms with E-state index in [1.165, 1.54) is 27.7 Å². The molecule has 3 fully saturated rings. The van der Waals surface area contributed by atoms with Gasteiger partial charge in [-0.2, -0.15) is 11.8 Å². The van der Waals surface area contributed by atoms with Crippen LogP contribution in [0.3, 0.4) is 0 Å². The summed E-state index contributed by atoms with van der Waals surface area (Å²) < 4.78 is 11.5. The number of thioether (sulfide) groups is 1. The minimum Gasteiger partial charge on any atom is -0.463 e. The van der Waals surface area contributed by atoms with Crippen molar-refractivity contribution in [1.29, 1.82) is 0 Å². The quantitative estimate of drug-likeness (QED) is 0.138. The third-order valence-electron chi connectivity index (χ3n) is 8.20. The van der Waals surface area contributed by atoms with Crippen LogP contribution in [0.4, 0.5) is 4.79 Å². The van der Waals surface area contributed by atoms with Crippen LogP contribution in [-0.2, 0) is 19.1 Å². The van der Waals surface area contributed by atoms with Crippen molar-refractivity contribution in [2.75, 3.05) is 19.0 Å². The van der Waals surface area contributed by atoms with Crippen LogP contribution in [0.15, 0.2) is 0 Å². The first-order valence-electron chi connectivity index (χ1n) is 12.0. The molecule has 3 amide bonds. The summed E-state index contributed by atoms with van der Waals surface area (Å²) in [4.78, 5) is 36.0. The number of amides is 3. The fourth-order valence-corrected chi connectivity index (χ4v) is 6.97. The number of aliphatic hydroxyl groups is 3. The normalized spacial score (nSPS) is 42.7. The first kappa shape index (κ1) is 28.0. The number of carbonyl (C=O) groups is 3. The molecule has 11 nitrogen and oxygen atoms in total. The van der Waals surface area contributed by atoms with Gasteiger partial charge in [-0.1, -0.05) is 6.42 Å². The van der Waals surface area contributed by atoms with E-state index in [-0.39, 0.29) is 31.1 Å². The number of hydrogen-bond donors (Lipinski definition) is 6. The predicted octanol–water partition coefficient (Wildman–Crippen LogP) is -0.198. The summed E-state index contributed by atoms with van der Waals surface area (Å²) in [5.41, 5.74) is -6.86. The number of fused-ring (bicyclic) bond motifs is 1.